The number of hydrogen-bond acceptors (Lipinski definition) is 6. The summed E-state index contributed by atoms with van der Waals surface area (Å²) in [6.45, 7) is 5.71. The van der Waals surface area contributed by atoms with Gasteiger partial charge in [-0.1, -0.05) is 6.07 Å². The van der Waals surface area contributed by atoms with Gasteiger partial charge in [0.2, 0.25) is 0 Å². The van der Waals surface area contributed by atoms with Gasteiger partial charge in [-0.05, 0) is 37.6 Å². The third kappa shape index (κ3) is 3.83. The minimum absolute atomic E-state index is 0.156. The van der Waals surface area contributed by atoms with Gasteiger partial charge >= 0.3 is 0 Å². The van der Waals surface area contributed by atoms with Gasteiger partial charge < -0.3 is 9.64 Å². The number of aromatic nitrogens is 3. The standard InChI is InChI=1S/C19H21N5O2S/c1-12-10-24(11-13(2)26-12)19-9-22-17-4-3-14(6-18(17)23-19)15-5-16(27(20)25)8-21-7-15/h3-9,12-13H,10-11,20H2,1-2H3. The molecule has 2 aromatic heterocycles. The average molecular weight is 383 g/mol. The van der Waals surface area contributed by atoms with E-state index in [0.717, 1.165) is 41.1 Å². The topological polar surface area (TPSA) is 94.2 Å². The number of fused-ring (bicyclic) bond motifs is 1. The molecule has 1 fully saturated rings. The molecule has 1 saturated heterocycles. The monoisotopic (exact) mass is 383 g/mol. The van der Waals surface area contributed by atoms with Gasteiger partial charge in [0.15, 0.2) is 0 Å². The number of morpholine rings is 1. The van der Waals surface area contributed by atoms with Crippen LogP contribution in [0.25, 0.3) is 22.2 Å². The molecule has 4 rings (SSSR count). The molecule has 3 atom stereocenters. The van der Waals surface area contributed by atoms with Gasteiger partial charge in [-0.15, -0.1) is 0 Å². The van der Waals surface area contributed by atoms with Crippen LogP contribution in [0.1, 0.15) is 13.8 Å². The van der Waals surface area contributed by atoms with Crippen LogP contribution in [-0.2, 0) is 15.7 Å². The summed E-state index contributed by atoms with van der Waals surface area (Å²) in [7, 11) is -1.56. The van der Waals surface area contributed by atoms with E-state index in [0.29, 0.717) is 4.90 Å². The van der Waals surface area contributed by atoms with E-state index in [9.17, 15) is 4.21 Å². The van der Waals surface area contributed by atoms with E-state index in [1.807, 2.05) is 24.4 Å². The molecule has 140 valence electrons. The van der Waals surface area contributed by atoms with Gasteiger partial charge in [0, 0.05) is 31.0 Å². The number of nitrogens with two attached hydrogens (primary N) is 1. The van der Waals surface area contributed by atoms with Crippen LogP contribution in [0.15, 0.2) is 47.8 Å². The lowest BCUT2D eigenvalue weighted by molar-refractivity contribution is -0.00545. The first-order valence-corrected chi connectivity index (χ1v) is 9.99. The average Bonchev–Trinajstić information content (AvgIpc) is 2.66. The van der Waals surface area contributed by atoms with Crippen molar-refractivity contribution in [2.24, 2.45) is 5.14 Å². The zero-order valence-electron chi connectivity index (χ0n) is 15.2. The molecule has 3 heterocycles. The maximum atomic E-state index is 11.5. The summed E-state index contributed by atoms with van der Waals surface area (Å²) in [4.78, 5) is 16.2. The maximum absolute atomic E-state index is 11.5. The van der Waals surface area contributed by atoms with Crippen molar-refractivity contribution in [3.8, 4) is 11.1 Å². The second kappa shape index (κ2) is 7.30. The SMILES string of the molecule is CC1CN(c2cnc3ccc(-c4cncc(S(N)=O)c4)cc3n2)CC(C)O1. The van der Waals surface area contributed by atoms with E-state index in [4.69, 9.17) is 14.9 Å². The first kappa shape index (κ1) is 18.0. The molecular weight excluding hydrogens is 362 g/mol. The Labute approximate surface area is 160 Å². The van der Waals surface area contributed by atoms with Crippen molar-refractivity contribution in [1.29, 1.82) is 0 Å². The molecule has 0 amide bonds. The number of nitrogens with zero attached hydrogens (tertiary/aromatic N) is 4. The quantitative estimate of drug-likeness (QED) is 0.746. The van der Waals surface area contributed by atoms with Crippen molar-refractivity contribution in [2.75, 3.05) is 18.0 Å². The highest BCUT2D eigenvalue weighted by Gasteiger charge is 2.23. The van der Waals surface area contributed by atoms with E-state index in [1.54, 1.807) is 12.3 Å². The van der Waals surface area contributed by atoms with Gasteiger partial charge in [-0.2, -0.15) is 0 Å². The number of pyridine rings is 1. The predicted octanol–water partition coefficient (Wildman–Crippen LogP) is 2.29. The molecular formula is C19H21N5O2S. The molecule has 0 radical (unpaired) electrons. The van der Waals surface area contributed by atoms with Crippen molar-refractivity contribution >= 4 is 27.8 Å². The Hall–Kier alpha value is -2.42. The molecule has 2 N–H and O–H groups in total. The Kier molecular flexibility index (Phi) is 4.86. The van der Waals surface area contributed by atoms with Crippen LogP contribution in [0.4, 0.5) is 5.82 Å². The zero-order chi connectivity index (χ0) is 19.0. The minimum atomic E-state index is -1.56. The summed E-state index contributed by atoms with van der Waals surface area (Å²) in [5.41, 5.74) is 3.39. The number of rotatable bonds is 3. The van der Waals surface area contributed by atoms with Gasteiger partial charge in [0.05, 0.1) is 34.3 Å². The second-order valence-electron chi connectivity index (χ2n) is 6.80. The molecule has 1 aliphatic rings. The van der Waals surface area contributed by atoms with Gasteiger partial charge in [-0.25, -0.2) is 14.3 Å². The number of benzene rings is 1. The molecule has 0 bridgehead atoms. The van der Waals surface area contributed by atoms with Crippen LogP contribution in [0.3, 0.4) is 0 Å². The van der Waals surface area contributed by atoms with Crippen LogP contribution >= 0.6 is 0 Å². The smallest absolute Gasteiger partial charge is 0.148 e. The minimum Gasteiger partial charge on any atom is -0.372 e. The Bertz CT molecular complexity index is 1000. The highest BCUT2D eigenvalue weighted by molar-refractivity contribution is 7.82. The van der Waals surface area contributed by atoms with E-state index in [1.165, 1.54) is 6.20 Å². The molecule has 3 aromatic rings. The predicted molar refractivity (Wildman–Crippen MR) is 106 cm³/mol. The van der Waals surface area contributed by atoms with Crippen molar-refractivity contribution in [3.63, 3.8) is 0 Å². The highest BCUT2D eigenvalue weighted by Crippen LogP contribution is 2.25. The first-order chi connectivity index (χ1) is 13.0. The largest absolute Gasteiger partial charge is 0.372 e. The normalized spacial score (nSPS) is 21.4. The summed E-state index contributed by atoms with van der Waals surface area (Å²) in [6, 6.07) is 7.64. The highest BCUT2D eigenvalue weighted by atomic mass is 32.2. The molecule has 1 aliphatic heterocycles. The Balaban J connectivity index is 1.71. The summed E-state index contributed by atoms with van der Waals surface area (Å²) in [5, 5.41) is 5.47. The lowest BCUT2D eigenvalue weighted by atomic mass is 10.1. The number of anilines is 1. The molecule has 0 aliphatic carbocycles. The van der Waals surface area contributed by atoms with E-state index in [2.05, 4.69) is 28.7 Å². The molecule has 27 heavy (non-hydrogen) atoms. The lowest BCUT2D eigenvalue weighted by Crippen LogP contribution is -2.45. The third-order valence-corrected chi connectivity index (χ3v) is 5.24. The molecule has 3 unspecified atom stereocenters. The summed E-state index contributed by atoms with van der Waals surface area (Å²) in [5.74, 6) is 0.844. The summed E-state index contributed by atoms with van der Waals surface area (Å²) < 4.78 is 17.3. The molecule has 7 nitrogen and oxygen atoms in total. The van der Waals surface area contributed by atoms with E-state index in [-0.39, 0.29) is 12.2 Å². The van der Waals surface area contributed by atoms with Crippen molar-refractivity contribution in [3.05, 3.63) is 42.9 Å². The molecule has 0 saturated carbocycles. The second-order valence-corrected chi connectivity index (χ2v) is 7.87. The fourth-order valence-electron chi connectivity index (χ4n) is 3.39. The van der Waals surface area contributed by atoms with Crippen LogP contribution in [0.2, 0.25) is 0 Å². The first-order valence-electron chi connectivity index (χ1n) is 8.78. The van der Waals surface area contributed by atoms with E-state index < -0.39 is 11.0 Å². The van der Waals surface area contributed by atoms with Crippen LogP contribution in [0.5, 0.6) is 0 Å². The maximum Gasteiger partial charge on any atom is 0.148 e. The molecule has 8 heteroatoms. The third-order valence-electron chi connectivity index (χ3n) is 4.55. The fourth-order valence-corrected chi connectivity index (χ4v) is 3.79. The summed E-state index contributed by atoms with van der Waals surface area (Å²) in [6.07, 6.45) is 5.36. The fraction of sp³-hybridized carbons (Fsp3) is 0.316. The van der Waals surface area contributed by atoms with Gasteiger partial charge in [0.25, 0.3) is 0 Å². The number of ether oxygens (including phenoxy) is 1. The Morgan fingerprint density at radius 1 is 1.07 bits per heavy atom. The van der Waals surface area contributed by atoms with Gasteiger partial charge in [0.1, 0.15) is 16.8 Å². The van der Waals surface area contributed by atoms with Crippen molar-refractivity contribution in [1.82, 2.24) is 15.0 Å². The van der Waals surface area contributed by atoms with Crippen LogP contribution in [-0.4, -0.2) is 44.5 Å². The van der Waals surface area contributed by atoms with Gasteiger partial charge in [-0.3, -0.25) is 9.97 Å². The van der Waals surface area contributed by atoms with Crippen molar-refractivity contribution < 1.29 is 8.95 Å². The molecule has 1 aromatic carbocycles. The Morgan fingerprint density at radius 3 is 2.59 bits per heavy atom. The van der Waals surface area contributed by atoms with E-state index >= 15 is 0 Å². The van der Waals surface area contributed by atoms with Crippen LogP contribution in [0, 0.1) is 0 Å². The van der Waals surface area contributed by atoms with Crippen molar-refractivity contribution in [2.45, 2.75) is 31.0 Å². The molecule has 0 spiro atoms. The van der Waals surface area contributed by atoms with Crippen LogP contribution < -0.4 is 10.0 Å². The lowest BCUT2D eigenvalue weighted by Gasteiger charge is -2.35. The summed E-state index contributed by atoms with van der Waals surface area (Å²) >= 11 is 0. The zero-order valence-corrected chi connectivity index (χ0v) is 16.0. The Morgan fingerprint density at radius 2 is 1.85 bits per heavy atom. The number of hydrogen-bond donors (Lipinski definition) is 1.